The highest BCUT2D eigenvalue weighted by Crippen LogP contribution is 2.33. The molecule has 0 spiro atoms. The van der Waals surface area contributed by atoms with Crippen LogP contribution < -0.4 is 15.6 Å². The molecule has 0 fully saturated rings. The largest absolute Gasteiger partial charge is 0.491 e. The molecule has 2 aromatic heterocycles. The van der Waals surface area contributed by atoms with Gasteiger partial charge in [0.05, 0.1) is 36.4 Å². The number of para-hydroxylation sites is 1. The van der Waals surface area contributed by atoms with Crippen LogP contribution in [0.15, 0.2) is 47.7 Å². The smallest absolute Gasteiger partial charge is 0.264 e. The fourth-order valence-corrected chi connectivity index (χ4v) is 3.24. The SMILES string of the molecule is Cc1cnc(Cn2ccc(C)c(C(=O)Nc3cccc4c3OCC4)c2=O)cn1. The lowest BCUT2D eigenvalue weighted by atomic mass is 10.1. The summed E-state index contributed by atoms with van der Waals surface area (Å²) in [5, 5.41) is 2.83. The lowest BCUT2D eigenvalue weighted by molar-refractivity contribution is 0.102. The summed E-state index contributed by atoms with van der Waals surface area (Å²) in [5.74, 6) is 0.232. The van der Waals surface area contributed by atoms with E-state index in [-0.39, 0.29) is 17.7 Å². The molecule has 1 aliphatic rings. The van der Waals surface area contributed by atoms with Gasteiger partial charge in [-0.15, -0.1) is 0 Å². The average Bonchev–Trinajstić information content (AvgIpc) is 3.16. The summed E-state index contributed by atoms with van der Waals surface area (Å²) in [6.45, 7) is 4.44. The molecule has 4 rings (SSSR count). The number of aryl methyl sites for hydroxylation is 2. The quantitative estimate of drug-likeness (QED) is 0.756. The molecule has 1 amide bonds. The molecule has 0 aliphatic carbocycles. The number of hydrogen-bond acceptors (Lipinski definition) is 5. The van der Waals surface area contributed by atoms with Crippen LogP contribution in [0.4, 0.5) is 5.69 Å². The summed E-state index contributed by atoms with van der Waals surface area (Å²) in [6.07, 6.45) is 5.76. The van der Waals surface area contributed by atoms with Crippen LogP contribution in [0.5, 0.6) is 5.75 Å². The summed E-state index contributed by atoms with van der Waals surface area (Å²) in [4.78, 5) is 34.3. The minimum atomic E-state index is -0.448. The van der Waals surface area contributed by atoms with Crippen molar-refractivity contribution < 1.29 is 9.53 Å². The predicted octanol–water partition coefficient (Wildman–Crippen LogP) is 2.49. The number of anilines is 1. The Labute approximate surface area is 162 Å². The van der Waals surface area contributed by atoms with Crippen LogP contribution in [0.25, 0.3) is 0 Å². The van der Waals surface area contributed by atoms with Gasteiger partial charge in [0.25, 0.3) is 11.5 Å². The van der Waals surface area contributed by atoms with Crippen molar-refractivity contribution in [3.05, 3.63) is 81.3 Å². The Hall–Kier alpha value is -3.48. The zero-order chi connectivity index (χ0) is 19.7. The number of benzene rings is 1. The monoisotopic (exact) mass is 376 g/mol. The Morgan fingerprint density at radius 1 is 1.21 bits per heavy atom. The van der Waals surface area contributed by atoms with Crippen molar-refractivity contribution in [1.29, 1.82) is 0 Å². The van der Waals surface area contributed by atoms with Gasteiger partial charge in [-0.2, -0.15) is 0 Å². The van der Waals surface area contributed by atoms with Gasteiger partial charge in [-0.05, 0) is 37.1 Å². The topological polar surface area (TPSA) is 86.1 Å². The number of carbonyl (C=O) groups is 1. The number of amides is 1. The Balaban J connectivity index is 1.64. The number of nitrogens with zero attached hydrogens (tertiary/aromatic N) is 3. The normalized spacial score (nSPS) is 12.4. The van der Waals surface area contributed by atoms with E-state index in [0.717, 1.165) is 17.7 Å². The Bertz CT molecular complexity index is 1100. The predicted molar refractivity (Wildman–Crippen MR) is 105 cm³/mol. The van der Waals surface area contributed by atoms with Gasteiger partial charge in [0, 0.05) is 18.8 Å². The van der Waals surface area contributed by atoms with Crippen LogP contribution in [0.2, 0.25) is 0 Å². The highest BCUT2D eigenvalue weighted by atomic mass is 16.5. The third-order valence-corrected chi connectivity index (χ3v) is 4.73. The maximum atomic E-state index is 12.9. The van der Waals surface area contributed by atoms with Gasteiger partial charge in [-0.1, -0.05) is 12.1 Å². The molecule has 1 aromatic carbocycles. The van der Waals surface area contributed by atoms with Gasteiger partial charge >= 0.3 is 0 Å². The van der Waals surface area contributed by atoms with E-state index in [2.05, 4.69) is 15.3 Å². The zero-order valence-corrected chi connectivity index (χ0v) is 15.7. The van der Waals surface area contributed by atoms with Gasteiger partial charge in [0.1, 0.15) is 11.3 Å². The molecule has 142 valence electrons. The number of pyridine rings is 1. The van der Waals surface area contributed by atoms with Gasteiger partial charge in [-0.3, -0.25) is 19.6 Å². The molecule has 0 saturated carbocycles. The number of nitrogens with one attached hydrogen (secondary N) is 1. The first-order valence-electron chi connectivity index (χ1n) is 9.06. The van der Waals surface area contributed by atoms with E-state index < -0.39 is 5.91 Å². The second-order valence-corrected chi connectivity index (χ2v) is 6.80. The molecule has 0 radical (unpaired) electrons. The van der Waals surface area contributed by atoms with E-state index in [1.807, 2.05) is 19.1 Å². The van der Waals surface area contributed by atoms with Crippen molar-refractivity contribution >= 4 is 11.6 Å². The molecule has 0 atom stereocenters. The van der Waals surface area contributed by atoms with Crippen LogP contribution in [0.3, 0.4) is 0 Å². The molecule has 7 nitrogen and oxygen atoms in total. The molecule has 1 aliphatic heterocycles. The van der Waals surface area contributed by atoms with Crippen molar-refractivity contribution in [3.63, 3.8) is 0 Å². The molecule has 3 heterocycles. The maximum absolute atomic E-state index is 12.9. The van der Waals surface area contributed by atoms with E-state index in [0.29, 0.717) is 29.3 Å². The second-order valence-electron chi connectivity index (χ2n) is 6.80. The average molecular weight is 376 g/mol. The van der Waals surface area contributed by atoms with Gasteiger partial charge in [0.15, 0.2) is 0 Å². The summed E-state index contributed by atoms with van der Waals surface area (Å²) < 4.78 is 7.09. The standard InChI is InChI=1S/C21H20N4O3/c1-13-6-8-25(12-16-11-22-14(2)10-23-16)21(27)18(13)20(26)24-17-5-3-4-15-7-9-28-19(15)17/h3-6,8,10-11H,7,9,12H2,1-2H3,(H,24,26). The van der Waals surface area contributed by atoms with Crippen LogP contribution in [-0.2, 0) is 13.0 Å². The number of fused-ring (bicyclic) bond motifs is 1. The molecular weight excluding hydrogens is 356 g/mol. The number of rotatable bonds is 4. The number of carbonyl (C=O) groups excluding carboxylic acids is 1. The summed E-state index contributed by atoms with van der Waals surface area (Å²) in [6, 6.07) is 7.38. The van der Waals surface area contributed by atoms with Crippen LogP contribution in [-0.4, -0.2) is 27.0 Å². The first-order valence-corrected chi connectivity index (χ1v) is 9.06. The molecule has 28 heavy (non-hydrogen) atoms. The third-order valence-electron chi connectivity index (χ3n) is 4.73. The van der Waals surface area contributed by atoms with Crippen molar-refractivity contribution in [3.8, 4) is 5.75 Å². The first kappa shape index (κ1) is 17.9. The summed E-state index contributed by atoms with van der Waals surface area (Å²) >= 11 is 0. The molecule has 0 bridgehead atoms. The first-order chi connectivity index (χ1) is 13.5. The molecule has 3 aromatic rings. The van der Waals surface area contributed by atoms with E-state index in [4.69, 9.17) is 4.74 Å². The van der Waals surface area contributed by atoms with Crippen molar-refractivity contribution in [2.75, 3.05) is 11.9 Å². The fourth-order valence-electron chi connectivity index (χ4n) is 3.24. The number of aromatic nitrogens is 3. The van der Waals surface area contributed by atoms with Crippen LogP contribution in [0, 0.1) is 13.8 Å². The van der Waals surface area contributed by atoms with Crippen molar-refractivity contribution in [2.45, 2.75) is 26.8 Å². The minimum Gasteiger partial charge on any atom is -0.491 e. The molecule has 0 saturated heterocycles. The van der Waals surface area contributed by atoms with Gasteiger partial charge in [-0.25, -0.2) is 0 Å². The van der Waals surface area contributed by atoms with Crippen molar-refractivity contribution in [1.82, 2.24) is 14.5 Å². The highest BCUT2D eigenvalue weighted by molar-refractivity contribution is 6.05. The lowest BCUT2D eigenvalue weighted by Crippen LogP contribution is -2.30. The Kier molecular flexibility index (Phi) is 4.65. The molecule has 0 unspecified atom stereocenters. The highest BCUT2D eigenvalue weighted by Gasteiger charge is 2.21. The number of hydrogen-bond donors (Lipinski definition) is 1. The third kappa shape index (κ3) is 3.38. The second kappa shape index (κ2) is 7.26. The Morgan fingerprint density at radius 3 is 2.86 bits per heavy atom. The van der Waals surface area contributed by atoms with Crippen LogP contribution in [0.1, 0.15) is 32.9 Å². The fraction of sp³-hybridized carbons (Fsp3) is 0.238. The van der Waals surface area contributed by atoms with E-state index in [1.54, 1.807) is 37.6 Å². The lowest BCUT2D eigenvalue weighted by Gasteiger charge is -2.13. The van der Waals surface area contributed by atoms with Gasteiger partial charge in [0.2, 0.25) is 0 Å². The molecule has 1 N–H and O–H groups in total. The van der Waals surface area contributed by atoms with Crippen LogP contribution >= 0.6 is 0 Å². The molecule has 7 heteroatoms. The maximum Gasteiger partial charge on any atom is 0.264 e. The summed E-state index contributed by atoms with van der Waals surface area (Å²) in [5.41, 5.74) is 3.44. The summed E-state index contributed by atoms with van der Waals surface area (Å²) in [7, 11) is 0. The minimum absolute atomic E-state index is 0.109. The van der Waals surface area contributed by atoms with E-state index in [9.17, 15) is 9.59 Å². The van der Waals surface area contributed by atoms with Gasteiger partial charge < -0.3 is 14.6 Å². The van der Waals surface area contributed by atoms with Crippen molar-refractivity contribution in [2.24, 2.45) is 0 Å². The van der Waals surface area contributed by atoms with E-state index in [1.165, 1.54) is 4.57 Å². The van der Waals surface area contributed by atoms with E-state index >= 15 is 0 Å². The Morgan fingerprint density at radius 2 is 2.07 bits per heavy atom. The zero-order valence-electron chi connectivity index (χ0n) is 15.7. The molecular formula is C21H20N4O3. The number of ether oxygens (including phenoxy) is 1.